The van der Waals surface area contributed by atoms with Gasteiger partial charge in [0.2, 0.25) is 5.91 Å². The zero-order valence-corrected chi connectivity index (χ0v) is 23.9. The van der Waals surface area contributed by atoms with Crippen molar-refractivity contribution in [3.8, 4) is 0 Å². The molecule has 2 amide bonds. The standard InChI is InChI=1S/C34H32N4O3/c1-19-8-11-29-25(13-19)34(31(39)38(29)32(40)41-33(3,4)5)17-26(34)21-9-10-24-23(15-21)18-36-30(24)37-27-16-22-7-6-12-35-28(22)14-20(27)2/h6-16,26H,17-18H2,1-5H3,(H,36,37)/t26-,34-/m0/s1. The van der Waals surface area contributed by atoms with Gasteiger partial charge in [-0.25, -0.2) is 9.69 Å². The summed E-state index contributed by atoms with van der Waals surface area (Å²) in [6.45, 7) is 10.1. The zero-order valence-electron chi connectivity index (χ0n) is 23.9. The molecule has 0 radical (unpaired) electrons. The molecule has 7 rings (SSSR count). The van der Waals surface area contributed by atoms with Gasteiger partial charge in [-0.05, 0) is 87.6 Å². The van der Waals surface area contributed by atoms with E-state index in [1.807, 2.05) is 52.1 Å². The van der Waals surface area contributed by atoms with Gasteiger partial charge >= 0.3 is 6.09 Å². The number of carbonyl (C=O) groups excluding carboxylic acids is 2. The van der Waals surface area contributed by atoms with Crippen LogP contribution >= 0.6 is 0 Å². The van der Waals surface area contributed by atoms with Crippen LogP contribution in [0.2, 0.25) is 0 Å². The van der Waals surface area contributed by atoms with E-state index < -0.39 is 17.1 Å². The van der Waals surface area contributed by atoms with Crippen molar-refractivity contribution >= 4 is 40.1 Å². The minimum absolute atomic E-state index is 0.0134. The summed E-state index contributed by atoms with van der Waals surface area (Å²) in [5, 5.41) is 4.62. The van der Waals surface area contributed by atoms with Crippen LogP contribution in [0.5, 0.6) is 0 Å². The lowest BCUT2D eigenvalue weighted by atomic mass is 9.90. The molecule has 3 aliphatic rings. The van der Waals surface area contributed by atoms with Gasteiger partial charge in [-0.1, -0.05) is 42.0 Å². The minimum atomic E-state index is -0.747. The van der Waals surface area contributed by atoms with E-state index >= 15 is 0 Å². The summed E-state index contributed by atoms with van der Waals surface area (Å²) < 4.78 is 5.63. The van der Waals surface area contributed by atoms with Crippen molar-refractivity contribution in [3.63, 3.8) is 0 Å². The van der Waals surface area contributed by atoms with E-state index in [4.69, 9.17) is 9.73 Å². The Morgan fingerprint density at radius 2 is 1.90 bits per heavy atom. The molecule has 4 aromatic rings. The average molecular weight is 545 g/mol. The zero-order chi connectivity index (χ0) is 28.7. The first kappa shape index (κ1) is 25.4. The first-order chi connectivity index (χ1) is 19.5. The smallest absolute Gasteiger partial charge is 0.421 e. The highest BCUT2D eigenvalue weighted by atomic mass is 16.6. The quantitative estimate of drug-likeness (QED) is 0.296. The van der Waals surface area contributed by atoms with Gasteiger partial charge in [0.25, 0.3) is 0 Å². The van der Waals surface area contributed by atoms with Crippen LogP contribution in [-0.2, 0) is 21.5 Å². The molecule has 0 saturated heterocycles. The number of aryl methyl sites for hydroxylation is 2. The average Bonchev–Trinajstić information content (AvgIpc) is 3.48. The molecule has 2 atom stereocenters. The van der Waals surface area contributed by atoms with Gasteiger partial charge in [0.05, 0.1) is 23.2 Å². The lowest BCUT2D eigenvalue weighted by Crippen LogP contribution is -2.41. The molecule has 206 valence electrons. The highest BCUT2D eigenvalue weighted by Crippen LogP contribution is 2.66. The summed E-state index contributed by atoms with van der Waals surface area (Å²) in [6, 6.07) is 20.5. The number of nitrogens with one attached hydrogen (secondary N) is 1. The Kier molecular flexibility index (Phi) is 5.42. The van der Waals surface area contributed by atoms with Crippen molar-refractivity contribution < 1.29 is 14.3 Å². The first-order valence-corrected chi connectivity index (χ1v) is 14.0. The summed E-state index contributed by atoms with van der Waals surface area (Å²) >= 11 is 0. The van der Waals surface area contributed by atoms with Crippen molar-refractivity contribution in [1.29, 1.82) is 0 Å². The van der Waals surface area contributed by atoms with Gasteiger partial charge in [0.1, 0.15) is 11.4 Å². The number of fused-ring (bicyclic) bond motifs is 4. The lowest BCUT2D eigenvalue weighted by molar-refractivity contribution is -0.120. The van der Waals surface area contributed by atoms with E-state index in [0.717, 1.165) is 55.8 Å². The molecule has 0 unspecified atom stereocenters. The van der Waals surface area contributed by atoms with Crippen LogP contribution in [-0.4, -0.2) is 28.4 Å². The molecule has 1 aliphatic carbocycles. The van der Waals surface area contributed by atoms with Crippen molar-refractivity contribution in [1.82, 2.24) is 4.98 Å². The van der Waals surface area contributed by atoms with Crippen molar-refractivity contribution in [2.45, 2.75) is 64.5 Å². The summed E-state index contributed by atoms with van der Waals surface area (Å²) in [5.41, 5.74) is 7.54. The normalized spacial score (nSPS) is 20.7. The molecule has 1 N–H and O–H groups in total. The van der Waals surface area contributed by atoms with Gasteiger partial charge in [0, 0.05) is 28.8 Å². The molecular weight excluding hydrogens is 512 g/mol. The third-order valence-corrected chi connectivity index (χ3v) is 8.39. The number of ether oxygens (including phenoxy) is 1. The van der Waals surface area contributed by atoms with Crippen molar-refractivity contribution in [2.24, 2.45) is 4.99 Å². The number of amides is 2. The molecule has 2 aliphatic heterocycles. The van der Waals surface area contributed by atoms with Crippen molar-refractivity contribution in [3.05, 3.63) is 100 Å². The third kappa shape index (κ3) is 4.02. The van der Waals surface area contributed by atoms with E-state index in [1.165, 1.54) is 4.90 Å². The number of rotatable bonds is 2. The molecule has 41 heavy (non-hydrogen) atoms. The Hall–Kier alpha value is -4.52. The number of anilines is 2. The monoisotopic (exact) mass is 544 g/mol. The molecular formula is C34H32N4O3. The fourth-order valence-electron chi connectivity index (χ4n) is 6.35. The van der Waals surface area contributed by atoms with Gasteiger partial charge in [-0.2, -0.15) is 0 Å². The highest BCUT2D eigenvalue weighted by Gasteiger charge is 2.68. The Morgan fingerprint density at radius 3 is 2.71 bits per heavy atom. The van der Waals surface area contributed by atoms with Crippen LogP contribution < -0.4 is 10.2 Å². The molecule has 7 heteroatoms. The largest absolute Gasteiger partial charge is 0.443 e. The molecule has 0 bridgehead atoms. The molecule has 3 aromatic carbocycles. The van der Waals surface area contributed by atoms with E-state index in [-0.39, 0.29) is 11.8 Å². The highest BCUT2D eigenvalue weighted by molar-refractivity contribution is 6.23. The third-order valence-electron chi connectivity index (χ3n) is 8.39. The Balaban J connectivity index is 1.17. The second-order valence-electron chi connectivity index (χ2n) is 12.4. The van der Waals surface area contributed by atoms with Crippen molar-refractivity contribution in [2.75, 3.05) is 10.2 Å². The number of pyridine rings is 1. The predicted octanol–water partition coefficient (Wildman–Crippen LogP) is 6.93. The van der Waals surface area contributed by atoms with Gasteiger partial charge < -0.3 is 10.1 Å². The van der Waals surface area contributed by atoms with E-state index in [1.54, 1.807) is 0 Å². The number of aromatic nitrogens is 1. The Labute approximate surface area is 239 Å². The number of benzene rings is 3. The van der Waals surface area contributed by atoms with Crippen LogP contribution in [0.3, 0.4) is 0 Å². The lowest BCUT2D eigenvalue weighted by Gasteiger charge is -2.24. The van der Waals surface area contributed by atoms with E-state index in [9.17, 15) is 9.59 Å². The van der Waals surface area contributed by atoms with Crippen LogP contribution in [0.25, 0.3) is 10.9 Å². The van der Waals surface area contributed by atoms with Gasteiger partial charge in [0.15, 0.2) is 0 Å². The molecule has 7 nitrogen and oxygen atoms in total. The number of imide groups is 1. The molecule has 1 saturated carbocycles. The molecule has 3 heterocycles. The van der Waals surface area contributed by atoms with E-state index in [0.29, 0.717) is 18.7 Å². The first-order valence-electron chi connectivity index (χ1n) is 14.0. The number of hydrogen-bond donors (Lipinski definition) is 1. The Morgan fingerprint density at radius 1 is 1.07 bits per heavy atom. The SMILES string of the molecule is Cc1ccc2c(c1)[C@]1(C[C@H]1c1ccc3c(c1)CN=C3Nc1cc3cccnc3cc1C)C(=O)N2C(=O)OC(C)(C)C. The predicted molar refractivity (Wildman–Crippen MR) is 161 cm³/mol. The van der Waals surface area contributed by atoms with Gasteiger partial charge in [-0.15, -0.1) is 0 Å². The van der Waals surface area contributed by atoms with Crippen LogP contribution in [0.4, 0.5) is 16.2 Å². The molecule has 1 fully saturated rings. The fourth-order valence-corrected chi connectivity index (χ4v) is 6.35. The van der Waals surface area contributed by atoms with Crippen LogP contribution in [0.1, 0.15) is 66.5 Å². The van der Waals surface area contributed by atoms with E-state index in [2.05, 4.69) is 59.7 Å². The number of nitrogens with zero attached hydrogens (tertiary/aromatic N) is 3. The second kappa shape index (κ2) is 8.74. The summed E-state index contributed by atoms with van der Waals surface area (Å²) in [7, 11) is 0. The number of aliphatic imine (C=N–C) groups is 1. The molecule has 1 aromatic heterocycles. The maximum Gasteiger partial charge on any atom is 0.421 e. The second-order valence-corrected chi connectivity index (χ2v) is 12.4. The topological polar surface area (TPSA) is 83.9 Å². The number of hydrogen-bond acceptors (Lipinski definition) is 6. The molecule has 1 spiro atoms. The number of carbonyl (C=O) groups is 2. The fraction of sp³-hybridized carbons (Fsp3) is 0.294. The summed E-state index contributed by atoms with van der Waals surface area (Å²) in [4.78, 5) is 37.7. The van der Waals surface area contributed by atoms with Crippen LogP contribution in [0.15, 0.2) is 71.9 Å². The maximum atomic E-state index is 14.0. The van der Waals surface area contributed by atoms with Crippen LogP contribution in [0, 0.1) is 13.8 Å². The number of amidine groups is 1. The Bertz CT molecular complexity index is 1820. The van der Waals surface area contributed by atoms with Gasteiger partial charge in [-0.3, -0.25) is 14.8 Å². The summed E-state index contributed by atoms with van der Waals surface area (Å²) in [6.07, 6.45) is 1.85. The summed E-state index contributed by atoms with van der Waals surface area (Å²) in [5.74, 6) is 0.635. The maximum absolute atomic E-state index is 14.0. The minimum Gasteiger partial charge on any atom is -0.443 e.